The quantitative estimate of drug-likeness (QED) is 0.853. The van der Waals surface area contributed by atoms with E-state index in [0.29, 0.717) is 5.56 Å². The van der Waals surface area contributed by atoms with Crippen molar-refractivity contribution in [3.05, 3.63) is 71.8 Å². The van der Waals surface area contributed by atoms with Crippen LogP contribution in [0.5, 0.6) is 5.75 Å². The second-order valence-corrected chi connectivity index (χ2v) is 5.78. The van der Waals surface area contributed by atoms with E-state index in [2.05, 4.69) is 6.07 Å². The lowest BCUT2D eigenvalue weighted by Crippen LogP contribution is -2.37. The summed E-state index contributed by atoms with van der Waals surface area (Å²) in [6.07, 6.45) is 1.83. The molecule has 0 radical (unpaired) electrons. The van der Waals surface area contributed by atoms with Gasteiger partial charge < -0.3 is 9.47 Å². The molecule has 0 saturated carbocycles. The number of hydrogen-bond donors (Lipinski definition) is 0. The first-order valence-corrected chi connectivity index (χ1v) is 7.21. The van der Waals surface area contributed by atoms with E-state index in [4.69, 9.17) is 14.7 Å². The van der Waals surface area contributed by atoms with Gasteiger partial charge in [-0.25, -0.2) is 0 Å². The molecule has 0 N–H and O–H groups in total. The van der Waals surface area contributed by atoms with Crippen LogP contribution in [0.15, 0.2) is 60.7 Å². The van der Waals surface area contributed by atoms with Gasteiger partial charge in [-0.15, -0.1) is 0 Å². The van der Waals surface area contributed by atoms with Gasteiger partial charge in [0.25, 0.3) is 0 Å². The molecule has 0 aliphatic carbocycles. The third-order valence-electron chi connectivity index (χ3n) is 3.67. The molecule has 0 aromatic heterocycles. The molecule has 1 aliphatic heterocycles. The van der Waals surface area contributed by atoms with Crippen LogP contribution in [0.4, 0.5) is 0 Å². The number of rotatable bonds is 3. The third kappa shape index (κ3) is 2.82. The van der Waals surface area contributed by atoms with Crippen molar-refractivity contribution < 1.29 is 9.47 Å². The zero-order valence-corrected chi connectivity index (χ0v) is 12.6. The Morgan fingerprint density at radius 2 is 1.73 bits per heavy atom. The van der Waals surface area contributed by atoms with E-state index in [1.807, 2.05) is 62.4 Å². The van der Waals surface area contributed by atoms with Crippen molar-refractivity contribution in [3.63, 3.8) is 0 Å². The van der Waals surface area contributed by atoms with Crippen LogP contribution in [0.2, 0.25) is 0 Å². The minimum Gasteiger partial charge on any atom is -0.483 e. The van der Waals surface area contributed by atoms with E-state index >= 15 is 0 Å². The van der Waals surface area contributed by atoms with Crippen LogP contribution in [-0.4, -0.2) is 11.7 Å². The van der Waals surface area contributed by atoms with E-state index in [9.17, 15) is 0 Å². The predicted molar refractivity (Wildman–Crippen MR) is 85.2 cm³/mol. The largest absolute Gasteiger partial charge is 0.483 e. The molecule has 1 aliphatic rings. The molecule has 1 unspecified atom stereocenters. The van der Waals surface area contributed by atoms with Gasteiger partial charge in [-0.3, -0.25) is 0 Å². The van der Waals surface area contributed by atoms with Crippen molar-refractivity contribution >= 4 is 5.76 Å². The minimum absolute atomic E-state index is 0.166. The van der Waals surface area contributed by atoms with Gasteiger partial charge in [0, 0.05) is 11.6 Å². The Kier molecular flexibility index (Phi) is 3.60. The number of hydrogen-bond acceptors (Lipinski definition) is 3. The first-order chi connectivity index (χ1) is 10.6. The Hall–Kier alpha value is -2.73. The van der Waals surface area contributed by atoms with E-state index in [0.717, 1.165) is 17.1 Å². The molecule has 1 atom stereocenters. The van der Waals surface area contributed by atoms with Gasteiger partial charge in [-0.2, -0.15) is 5.26 Å². The minimum atomic E-state index is -0.445. The molecule has 0 fully saturated rings. The SMILES string of the molecule is CC1(C)OC(c2ccc(C#N)cc2)=CC1Oc1ccccc1. The van der Waals surface area contributed by atoms with Crippen LogP contribution < -0.4 is 4.74 Å². The highest BCUT2D eigenvalue weighted by atomic mass is 16.6. The van der Waals surface area contributed by atoms with Crippen molar-refractivity contribution in [3.8, 4) is 11.8 Å². The molecule has 1 heterocycles. The van der Waals surface area contributed by atoms with Crippen molar-refractivity contribution in [2.75, 3.05) is 0 Å². The maximum absolute atomic E-state index is 8.87. The predicted octanol–water partition coefficient (Wildman–Crippen LogP) is 4.16. The summed E-state index contributed by atoms with van der Waals surface area (Å²) in [5.74, 6) is 1.61. The molecule has 0 amide bonds. The van der Waals surface area contributed by atoms with Gasteiger partial charge in [0.2, 0.25) is 0 Å². The number of nitrogens with zero attached hydrogens (tertiary/aromatic N) is 1. The number of nitriles is 1. The second-order valence-electron chi connectivity index (χ2n) is 5.78. The molecule has 2 aromatic carbocycles. The monoisotopic (exact) mass is 291 g/mol. The van der Waals surface area contributed by atoms with Crippen LogP contribution in [0.3, 0.4) is 0 Å². The van der Waals surface area contributed by atoms with Crippen molar-refractivity contribution in [1.29, 1.82) is 5.26 Å². The van der Waals surface area contributed by atoms with Gasteiger partial charge in [0.15, 0.2) is 6.10 Å². The lowest BCUT2D eigenvalue weighted by Gasteiger charge is -2.27. The normalized spacial score (nSPS) is 19.0. The topological polar surface area (TPSA) is 42.2 Å². The van der Waals surface area contributed by atoms with Crippen molar-refractivity contribution in [1.82, 2.24) is 0 Å². The van der Waals surface area contributed by atoms with Gasteiger partial charge in [-0.1, -0.05) is 18.2 Å². The zero-order chi connectivity index (χ0) is 15.6. The molecule has 22 heavy (non-hydrogen) atoms. The molecular weight excluding hydrogens is 274 g/mol. The summed E-state index contributed by atoms with van der Waals surface area (Å²) in [4.78, 5) is 0. The second kappa shape index (κ2) is 5.57. The average Bonchev–Trinajstić information content (AvgIpc) is 2.83. The number of para-hydroxylation sites is 1. The zero-order valence-electron chi connectivity index (χ0n) is 12.6. The van der Waals surface area contributed by atoms with Crippen LogP contribution in [0.25, 0.3) is 5.76 Å². The average molecular weight is 291 g/mol. The molecule has 2 aromatic rings. The fourth-order valence-corrected chi connectivity index (χ4v) is 2.40. The lowest BCUT2D eigenvalue weighted by molar-refractivity contribution is 0.0131. The highest BCUT2D eigenvalue weighted by molar-refractivity contribution is 5.64. The highest BCUT2D eigenvalue weighted by Gasteiger charge is 2.39. The molecule has 0 bridgehead atoms. The summed E-state index contributed by atoms with van der Waals surface area (Å²) in [5.41, 5.74) is 1.14. The molecule has 0 spiro atoms. The highest BCUT2D eigenvalue weighted by Crippen LogP contribution is 2.36. The Labute approximate surface area is 130 Å². The van der Waals surface area contributed by atoms with Crippen LogP contribution in [0, 0.1) is 11.3 Å². The molecule has 110 valence electrons. The Balaban J connectivity index is 1.84. The third-order valence-corrected chi connectivity index (χ3v) is 3.67. The number of benzene rings is 2. The Bertz CT molecular complexity index is 724. The summed E-state index contributed by atoms with van der Waals surface area (Å²) in [6.45, 7) is 4.02. The van der Waals surface area contributed by atoms with Crippen LogP contribution in [0.1, 0.15) is 25.0 Å². The van der Waals surface area contributed by atoms with E-state index in [1.54, 1.807) is 12.1 Å². The van der Waals surface area contributed by atoms with E-state index < -0.39 is 5.60 Å². The van der Waals surface area contributed by atoms with E-state index in [-0.39, 0.29) is 6.10 Å². The summed E-state index contributed by atoms with van der Waals surface area (Å²) in [6, 6.07) is 19.2. The van der Waals surface area contributed by atoms with Gasteiger partial charge >= 0.3 is 0 Å². The van der Waals surface area contributed by atoms with Gasteiger partial charge in [0.05, 0.1) is 11.6 Å². The maximum Gasteiger partial charge on any atom is 0.160 e. The van der Waals surface area contributed by atoms with Crippen molar-refractivity contribution in [2.45, 2.75) is 25.6 Å². The van der Waals surface area contributed by atoms with Crippen molar-refractivity contribution in [2.24, 2.45) is 0 Å². The van der Waals surface area contributed by atoms with Crippen LogP contribution in [-0.2, 0) is 4.74 Å². The molecule has 3 nitrogen and oxygen atoms in total. The van der Waals surface area contributed by atoms with Gasteiger partial charge in [0.1, 0.15) is 17.1 Å². The summed E-state index contributed by atoms with van der Waals surface area (Å²) >= 11 is 0. The molecular formula is C19H17NO2. The first-order valence-electron chi connectivity index (χ1n) is 7.21. The Morgan fingerprint density at radius 3 is 2.36 bits per heavy atom. The summed E-state index contributed by atoms with van der Waals surface area (Å²) in [5, 5.41) is 8.87. The van der Waals surface area contributed by atoms with Crippen LogP contribution >= 0.6 is 0 Å². The van der Waals surface area contributed by atoms with Gasteiger partial charge in [-0.05, 0) is 50.2 Å². The summed E-state index contributed by atoms with van der Waals surface area (Å²) < 4.78 is 12.1. The fraction of sp³-hybridized carbons (Fsp3) is 0.211. The van der Waals surface area contributed by atoms with E-state index in [1.165, 1.54) is 0 Å². The Morgan fingerprint density at radius 1 is 1.05 bits per heavy atom. The molecule has 3 heteroatoms. The lowest BCUT2D eigenvalue weighted by atomic mass is 10.0. The molecule has 0 saturated heterocycles. The fourth-order valence-electron chi connectivity index (χ4n) is 2.40. The smallest absolute Gasteiger partial charge is 0.160 e. The summed E-state index contributed by atoms with van der Waals surface area (Å²) in [7, 11) is 0. The first kappa shape index (κ1) is 14.2. The molecule has 3 rings (SSSR count). The number of ether oxygens (including phenoxy) is 2. The standard InChI is InChI=1S/C19H17NO2/c1-19(2)18(21-16-6-4-3-5-7-16)12-17(22-19)15-10-8-14(13-20)9-11-15/h3-12,18H,1-2H3. The maximum atomic E-state index is 8.87.